The molecule has 0 saturated carbocycles. The van der Waals surface area contributed by atoms with Crippen molar-refractivity contribution in [3.63, 3.8) is 0 Å². The number of hydrogen-bond donors (Lipinski definition) is 0. The van der Waals surface area contributed by atoms with E-state index in [1.165, 1.54) is 21.5 Å². The fraction of sp³-hybridized carbons (Fsp3) is 0.0674. The largest absolute Gasteiger partial charge is 0.494 e. The quantitative estimate of drug-likeness (QED) is 0.108. The minimum Gasteiger partial charge on any atom is -0.399 e. The maximum atomic E-state index is 6.19. The van der Waals surface area contributed by atoms with Crippen molar-refractivity contribution in [2.75, 3.05) is 0 Å². The molecule has 13 aromatic carbocycles. The first-order valence-corrected chi connectivity index (χ1v) is 35.6. The van der Waals surface area contributed by atoms with Crippen molar-refractivity contribution in [1.82, 2.24) is 44.9 Å². The molecule has 1 aliphatic rings. The maximum absolute atomic E-state index is 6.19. The third-order valence-electron chi connectivity index (χ3n) is 18.4. The van der Waals surface area contributed by atoms with Gasteiger partial charge in [0.2, 0.25) is 0 Å². The van der Waals surface area contributed by atoms with Crippen LogP contribution < -0.4 is 5.46 Å². The Labute approximate surface area is 616 Å². The molecule has 1 fully saturated rings. The highest BCUT2D eigenvalue weighted by atomic mass is 79.9. The Morgan fingerprint density at radius 3 is 0.670 bits per heavy atom. The molecule has 0 atom stereocenters. The van der Waals surface area contributed by atoms with Gasteiger partial charge in [-0.05, 0) is 89.1 Å². The summed E-state index contributed by atoms with van der Waals surface area (Å²) in [5.41, 5.74) is 13.2. The number of rotatable bonds is 12. The Morgan fingerprint density at radius 1 is 0.214 bits per heavy atom. The molecule has 4 heterocycles. The Kier molecular flexibility index (Phi) is 19.5. The summed E-state index contributed by atoms with van der Waals surface area (Å²) in [7, 11) is -0.401. The first kappa shape index (κ1) is 67.2. The summed E-state index contributed by atoms with van der Waals surface area (Å²) in [5, 5.41) is 4.83. The van der Waals surface area contributed by atoms with Crippen LogP contribution in [0.1, 0.15) is 27.7 Å². The fourth-order valence-corrected chi connectivity index (χ4v) is 13.2. The highest BCUT2D eigenvalue weighted by Gasteiger charge is 2.51. The molecule has 1 aliphatic heterocycles. The van der Waals surface area contributed by atoms with E-state index in [2.05, 4.69) is 169 Å². The van der Waals surface area contributed by atoms with Crippen LogP contribution in [0.4, 0.5) is 0 Å². The number of aromatic nitrogens is 9. The van der Waals surface area contributed by atoms with Gasteiger partial charge in [-0.2, -0.15) is 0 Å². The van der Waals surface area contributed by atoms with Crippen LogP contribution in [0, 0.1) is 0 Å². The molecule has 0 N–H and O–H groups in total. The number of benzene rings is 13. The zero-order chi connectivity index (χ0) is 70.3. The summed E-state index contributed by atoms with van der Waals surface area (Å²) in [5.74, 6) is 5.76. The molecule has 0 unspecified atom stereocenters. The molecule has 496 valence electrons. The predicted molar refractivity (Wildman–Crippen MR) is 425 cm³/mol. The summed E-state index contributed by atoms with van der Waals surface area (Å²) >= 11 is 7.02. The van der Waals surface area contributed by atoms with Gasteiger partial charge in [0, 0.05) is 59.0 Å². The molecule has 1 saturated heterocycles. The van der Waals surface area contributed by atoms with Gasteiger partial charge in [0.1, 0.15) is 0 Å². The Bertz CT molecular complexity index is 5200. The molecule has 11 nitrogen and oxygen atoms in total. The van der Waals surface area contributed by atoms with Crippen molar-refractivity contribution in [2.45, 2.75) is 38.9 Å². The van der Waals surface area contributed by atoms with E-state index in [9.17, 15) is 0 Å². The summed E-state index contributed by atoms with van der Waals surface area (Å²) in [6.45, 7) is 8.23. The van der Waals surface area contributed by atoms with Crippen molar-refractivity contribution >= 4 is 66.0 Å². The van der Waals surface area contributed by atoms with Gasteiger partial charge < -0.3 is 9.31 Å². The van der Waals surface area contributed by atoms with Gasteiger partial charge in [-0.1, -0.05) is 347 Å². The van der Waals surface area contributed by atoms with Gasteiger partial charge in [-0.3, -0.25) is 0 Å². The third kappa shape index (κ3) is 14.9. The standard InChI is InChI=1S/C52H34N6.C27H26BN3O2.C10H6Br2/c1-5-15-37(16-6-1)47-53-48(38-17-7-2-8-18-38)56-51(55-47)41-31-27-35(28-32-41)43-23-13-26-46-44(24-14-25-45(43)46)36-29-33-42(34-30-36)52-57-49(39-19-9-3-10-20-39)54-50(58-52)40-21-11-4-12-22-40;1-26(2)27(3,4)33-28(32-26)22-17-15-21(16-18-22)25-30-23(19-11-7-5-8-12-19)29-24(31-25)20-13-9-6-10-14-20;11-9-5-1-3-7-8(9)4-2-6-10(7)12/h1-34H;5-18H,1-4H3;1-6H. The molecule has 0 amide bonds. The van der Waals surface area contributed by atoms with Crippen LogP contribution in [0.2, 0.25) is 0 Å². The van der Waals surface area contributed by atoms with Gasteiger partial charge in [0.05, 0.1) is 11.2 Å². The first-order chi connectivity index (χ1) is 50.3. The van der Waals surface area contributed by atoms with Crippen molar-refractivity contribution in [3.8, 4) is 125 Å². The van der Waals surface area contributed by atoms with Crippen LogP contribution in [-0.4, -0.2) is 63.2 Å². The average molecular weight is 1460 g/mol. The van der Waals surface area contributed by atoms with Crippen LogP contribution in [0.5, 0.6) is 0 Å². The number of nitrogens with zero attached hydrogens (tertiary/aromatic N) is 9. The van der Waals surface area contributed by atoms with E-state index >= 15 is 0 Å². The van der Waals surface area contributed by atoms with E-state index in [1.54, 1.807) is 0 Å². The molecule has 0 spiro atoms. The SMILES string of the molecule is Brc1cccc2c(Br)cccc12.CC1(C)OB(c2ccc(-c3nc(-c4ccccc4)nc(-c4ccccc4)n3)cc2)OC1(C)C.c1ccc(-c2nc(-c3ccccc3)nc(-c3ccc(-c4cccc5c(-c6ccc(-c7nc(-c8ccccc8)nc(-c8ccccc8)n7)cc6)cccc45)cc3)n2)cc1. The maximum Gasteiger partial charge on any atom is 0.494 e. The predicted octanol–water partition coefficient (Wildman–Crippen LogP) is 22.1. The molecule has 0 radical (unpaired) electrons. The second-order valence-electron chi connectivity index (χ2n) is 25.8. The van der Waals surface area contributed by atoms with E-state index in [1.807, 2.05) is 218 Å². The smallest absolute Gasteiger partial charge is 0.399 e. The third-order valence-corrected chi connectivity index (χ3v) is 19.8. The van der Waals surface area contributed by atoms with E-state index < -0.39 is 7.12 Å². The second kappa shape index (κ2) is 29.9. The molecule has 16 aromatic rings. The van der Waals surface area contributed by atoms with Crippen LogP contribution >= 0.6 is 31.9 Å². The summed E-state index contributed by atoms with van der Waals surface area (Å²) < 4.78 is 14.7. The van der Waals surface area contributed by atoms with Crippen molar-refractivity contribution < 1.29 is 9.31 Å². The number of fused-ring (bicyclic) bond motifs is 2. The lowest BCUT2D eigenvalue weighted by Gasteiger charge is -2.32. The summed E-state index contributed by atoms with van der Waals surface area (Å²) in [6.07, 6.45) is 0. The van der Waals surface area contributed by atoms with Gasteiger partial charge in [-0.15, -0.1) is 0 Å². The summed E-state index contributed by atoms with van der Waals surface area (Å²) in [6, 6.07) is 111. The summed E-state index contributed by atoms with van der Waals surface area (Å²) in [4.78, 5) is 43.7. The minimum atomic E-state index is -0.401. The van der Waals surface area contributed by atoms with Gasteiger partial charge >= 0.3 is 7.12 Å². The van der Waals surface area contributed by atoms with Crippen molar-refractivity contribution in [2.24, 2.45) is 0 Å². The van der Waals surface area contributed by atoms with Crippen LogP contribution in [0.25, 0.3) is 146 Å². The monoisotopic (exact) mass is 1460 g/mol. The number of halogens is 2. The van der Waals surface area contributed by atoms with Gasteiger partial charge in [0.15, 0.2) is 52.4 Å². The zero-order valence-corrected chi connectivity index (χ0v) is 60.0. The molecule has 0 aliphatic carbocycles. The Balaban J connectivity index is 0.000000158. The molecule has 0 bridgehead atoms. The van der Waals surface area contributed by atoms with E-state index in [-0.39, 0.29) is 11.2 Å². The molecule has 14 heteroatoms. The van der Waals surface area contributed by atoms with Gasteiger partial charge in [-0.25, -0.2) is 44.9 Å². The average Bonchev–Trinajstić information content (AvgIpc) is 1.76. The van der Waals surface area contributed by atoms with Crippen LogP contribution in [0.15, 0.2) is 337 Å². The van der Waals surface area contributed by atoms with Crippen LogP contribution in [-0.2, 0) is 9.31 Å². The van der Waals surface area contributed by atoms with Gasteiger partial charge in [0.25, 0.3) is 0 Å². The molecular weight excluding hydrogens is 1400 g/mol. The van der Waals surface area contributed by atoms with Crippen molar-refractivity contribution in [1.29, 1.82) is 0 Å². The molecule has 17 rings (SSSR count). The number of hydrogen-bond acceptors (Lipinski definition) is 11. The first-order valence-electron chi connectivity index (χ1n) is 34.0. The highest BCUT2D eigenvalue weighted by molar-refractivity contribution is 9.11. The minimum absolute atomic E-state index is 0.375. The second-order valence-corrected chi connectivity index (χ2v) is 27.5. The molecule has 103 heavy (non-hydrogen) atoms. The van der Waals surface area contributed by atoms with Crippen molar-refractivity contribution in [3.05, 3.63) is 337 Å². The van der Waals surface area contributed by atoms with E-state index in [0.717, 1.165) is 86.7 Å². The molecular formula is C89H66BBr2N9O2. The lowest BCUT2D eigenvalue weighted by molar-refractivity contribution is 0.00578. The van der Waals surface area contributed by atoms with E-state index in [4.69, 9.17) is 54.2 Å². The lowest BCUT2D eigenvalue weighted by atomic mass is 9.79. The van der Waals surface area contributed by atoms with Crippen LogP contribution in [0.3, 0.4) is 0 Å². The lowest BCUT2D eigenvalue weighted by Crippen LogP contribution is -2.41. The zero-order valence-electron chi connectivity index (χ0n) is 56.9. The highest BCUT2D eigenvalue weighted by Crippen LogP contribution is 2.39. The Hall–Kier alpha value is -11.6. The fourth-order valence-electron chi connectivity index (χ4n) is 12.2. The van der Waals surface area contributed by atoms with E-state index in [0.29, 0.717) is 52.4 Å². The topological polar surface area (TPSA) is 134 Å². The Morgan fingerprint density at radius 2 is 0.417 bits per heavy atom. The normalized spacial score (nSPS) is 12.8. The molecule has 3 aromatic heterocycles.